The molecule has 3 aromatic rings. The van der Waals surface area contributed by atoms with Crippen LogP contribution in [0.15, 0.2) is 60.7 Å². The molecular formula is C23H17Cl2F3N2O3. The van der Waals surface area contributed by atoms with Crippen LogP contribution in [0.4, 0.5) is 23.7 Å². The maximum absolute atomic E-state index is 13.1. The number of carbonyl (C=O) groups excluding carboxylic acids is 2. The van der Waals surface area contributed by atoms with Crippen LogP contribution < -0.4 is 15.4 Å². The zero-order valence-electron chi connectivity index (χ0n) is 17.1. The molecule has 2 N–H and O–H groups in total. The van der Waals surface area contributed by atoms with Gasteiger partial charge in [-0.1, -0.05) is 41.4 Å². The summed E-state index contributed by atoms with van der Waals surface area (Å²) in [6.07, 6.45) is -4.49. The maximum atomic E-state index is 13.1. The second kappa shape index (κ2) is 10.1. The van der Waals surface area contributed by atoms with Gasteiger partial charge in [-0.3, -0.25) is 10.1 Å². The van der Waals surface area contributed by atoms with Gasteiger partial charge in [0.1, 0.15) is 5.75 Å². The molecule has 0 saturated heterocycles. The Balaban J connectivity index is 1.82. The van der Waals surface area contributed by atoms with E-state index in [1.165, 1.54) is 42.5 Å². The number of amides is 3. The van der Waals surface area contributed by atoms with Crippen molar-refractivity contribution >= 4 is 40.8 Å². The highest BCUT2D eigenvalue weighted by atomic mass is 35.5. The highest BCUT2D eigenvalue weighted by Crippen LogP contribution is 2.36. The molecule has 0 heterocycles. The molecule has 0 aromatic heterocycles. The van der Waals surface area contributed by atoms with E-state index in [9.17, 15) is 22.8 Å². The van der Waals surface area contributed by atoms with Gasteiger partial charge in [-0.2, -0.15) is 13.2 Å². The third-order valence-corrected chi connectivity index (χ3v) is 5.09. The first-order valence-corrected chi connectivity index (χ1v) is 10.4. The fraction of sp³-hybridized carbons (Fsp3) is 0.130. The molecule has 0 spiro atoms. The Bertz CT molecular complexity index is 1180. The number of alkyl halides is 3. The Labute approximate surface area is 197 Å². The van der Waals surface area contributed by atoms with E-state index in [-0.39, 0.29) is 33.7 Å². The number of ether oxygens (including phenoxy) is 1. The first-order chi connectivity index (χ1) is 15.6. The van der Waals surface area contributed by atoms with E-state index in [4.69, 9.17) is 27.9 Å². The SMILES string of the molecule is CCOc1cc(NC(=O)NC(=O)c2c(Cl)cccc2Cl)ccc1-c1cccc(C(F)(F)F)c1. The number of urea groups is 1. The highest BCUT2D eigenvalue weighted by Gasteiger charge is 2.30. The second-order valence-electron chi connectivity index (χ2n) is 6.73. The predicted octanol–water partition coefficient (Wildman–Crippen LogP) is 7.04. The van der Waals surface area contributed by atoms with E-state index in [1.807, 2.05) is 0 Å². The lowest BCUT2D eigenvalue weighted by molar-refractivity contribution is -0.137. The molecule has 3 aromatic carbocycles. The van der Waals surface area contributed by atoms with Crippen LogP contribution in [0.3, 0.4) is 0 Å². The fourth-order valence-electron chi connectivity index (χ4n) is 3.02. The van der Waals surface area contributed by atoms with Crippen LogP contribution in [0.25, 0.3) is 11.1 Å². The van der Waals surface area contributed by atoms with Gasteiger partial charge in [0, 0.05) is 17.3 Å². The smallest absolute Gasteiger partial charge is 0.416 e. The molecule has 33 heavy (non-hydrogen) atoms. The van der Waals surface area contributed by atoms with Crippen molar-refractivity contribution < 1.29 is 27.5 Å². The summed E-state index contributed by atoms with van der Waals surface area (Å²) in [5.41, 5.74) is 0.122. The number of hydrogen-bond donors (Lipinski definition) is 2. The van der Waals surface area contributed by atoms with Crippen molar-refractivity contribution in [3.8, 4) is 16.9 Å². The fourth-order valence-corrected chi connectivity index (χ4v) is 3.59. The van der Waals surface area contributed by atoms with Crippen LogP contribution in [0, 0.1) is 0 Å². The predicted molar refractivity (Wildman–Crippen MR) is 121 cm³/mol. The molecule has 0 aliphatic rings. The van der Waals surface area contributed by atoms with E-state index in [1.54, 1.807) is 13.0 Å². The Hall–Kier alpha value is -3.23. The summed E-state index contributed by atoms with van der Waals surface area (Å²) in [6.45, 7) is 1.96. The van der Waals surface area contributed by atoms with E-state index in [2.05, 4.69) is 10.6 Å². The van der Waals surface area contributed by atoms with Gasteiger partial charge >= 0.3 is 12.2 Å². The maximum Gasteiger partial charge on any atom is 0.416 e. The molecule has 5 nitrogen and oxygen atoms in total. The minimum atomic E-state index is -4.49. The molecule has 172 valence electrons. The summed E-state index contributed by atoms with van der Waals surface area (Å²) in [6, 6.07) is 12.9. The molecule has 10 heteroatoms. The summed E-state index contributed by atoms with van der Waals surface area (Å²) in [5.74, 6) is -0.538. The van der Waals surface area contributed by atoms with Gasteiger partial charge < -0.3 is 10.1 Å². The summed E-state index contributed by atoms with van der Waals surface area (Å²) < 4.78 is 44.8. The number of halogens is 5. The summed E-state index contributed by atoms with van der Waals surface area (Å²) in [4.78, 5) is 24.7. The zero-order chi connectivity index (χ0) is 24.2. The molecule has 0 aliphatic carbocycles. The highest BCUT2D eigenvalue weighted by molar-refractivity contribution is 6.40. The Morgan fingerprint density at radius 2 is 1.64 bits per heavy atom. The number of carbonyl (C=O) groups is 2. The molecule has 0 fully saturated rings. The molecule has 3 rings (SSSR count). The van der Waals surface area contributed by atoms with Crippen molar-refractivity contribution in [2.75, 3.05) is 11.9 Å². The van der Waals surface area contributed by atoms with E-state index in [0.29, 0.717) is 11.1 Å². The zero-order valence-corrected chi connectivity index (χ0v) is 18.6. The minimum Gasteiger partial charge on any atom is -0.493 e. The lowest BCUT2D eigenvalue weighted by Gasteiger charge is -2.15. The minimum absolute atomic E-state index is 0.0501. The normalized spacial score (nSPS) is 11.1. The van der Waals surface area contributed by atoms with Crippen molar-refractivity contribution in [3.05, 3.63) is 81.8 Å². The topological polar surface area (TPSA) is 67.4 Å². The van der Waals surface area contributed by atoms with Crippen LogP contribution in [-0.2, 0) is 6.18 Å². The summed E-state index contributed by atoms with van der Waals surface area (Å²) in [5, 5.41) is 4.76. The molecule has 0 atom stereocenters. The molecule has 0 aliphatic heterocycles. The largest absolute Gasteiger partial charge is 0.493 e. The van der Waals surface area contributed by atoms with Gasteiger partial charge in [-0.25, -0.2) is 4.79 Å². The number of rotatable bonds is 5. The van der Waals surface area contributed by atoms with Crippen molar-refractivity contribution in [1.82, 2.24) is 5.32 Å². The molecule has 0 unspecified atom stereocenters. The van der Waals surface area contributed by atoms with Gasteiger partial charge in [-0.15, -0.1) is 0 Å². The van der Waals surface area contributed by atoms with Gasteiger partial charge in [0.15, 0.2) is 0 Å². The summed E-state index contributed by atoms with van der Waals surface area (Å²) >= 11 is 11.9. The van der Waals surface area contributed by atoms with Crippen LogP contribution in [0.2, 0.25) is 10.0 Å². The molecule has 3 amide bonds. The Morgan fingerprint density at radius 3 is 2.27 bits per heavy atom. The number of benzene rings is 3. The Morgan fingerprint density at radius 1 is 0.970 bits per heavy atom. The van der Waals surface area contributed by atoms with E-state index < -0.39 is 23.7 Å². The van der Waals surface area contributed by atoms with Gasteiger partial charge in [-0.05, 0) is 48.9 Å². The van der Waals surface area contributed by atoms with Crippen LogP contribution in [0.1, 0.15) is 22.8 Å². The lowest BCUT2D eigenvalue weighted by Crippen LogP contribution is -2.34. The first-order valence-electron chi connectivity index (χ1n) is 9.61. The Kier molecular flexibility index (Phi) is 7.50. The number of imide groups is 1. The average molecular weight is 497 g/mol. The van der Waals surface area contributed by atoms with Gasteiger partial charge in [0.05, 0.1) is 27.8 Å². The number of hydrogen-bond acceptors (Lipinski definition) is 3. The molecule has 0 bridgehead atoms. The standard InChI is InChI=1S/C23H17Cl2F3N2O3/c1-2-33-19-12-15(9-10-16(19)13-5-3-6-14(11-13)23(26,27)28)29-22(32)30-21(31)20-17(24)7-4-8-18(20)25/h3-12H,2H2,1H3,(H2,29,30,31,32). The first kappa shape index (κ1) is 24.4. The van der Waals surface area contributed by atoms with Crippen LogP contribution in [-0.4, -0.2) is 18.5 Å². The monoisotopic (exact) mass is 496 g/mol. The van der Waals surface area contributed by atoms with Crippen molar-refractivity contribution in [3.63, 3.8) is 0 Å². The third-order valence-electron chi connectivity index (χ3n) is 4.46. The van der Waals surface area contributed by atoms with Crippen molar-refractivity contribution in [2.24, 2.45) is 0 Å². The molecule has 0 saturated carbocycles. The van der Waals surface area contributed by atoms with Crippen molar-refractivity contribution in [1.29, 1.82) is 0 Å². The van der Waals surface area contributed by atoms with Crippen LogP contribution >= 0.6 is 23.2 Å². The van der Waals surface area contributed by atoms with E-state index >= 15 is 0 Å². The second-order valence-corrected chi connectivity index (χ2v) is 7.54. The molecule has 0 radical (unpaired) electrons. The van der Waals surface area contributed by atoms with E-state index in [0.717, 1.165) is 12.1 Å². The van der Waals surface area contributed by atoms with Gasteiger partial charge in [0.2, 0.25) is 0 Å². The lowest BCUT2D eigenvalue weighted by atomic mass is 10.0. The number of anilines is 1. The third kappa shape index (κ3) is 5.97. The average Bonchev–Trinajstić information content (AvgIpc) is 2.73. The number of nitrogens with one attached hydrogen (secondary N) is 2. The summed E-state index contributed by atoms with van der Waals surface area (Å²) in [7, 11) is 0. The quantitative estimate of drug-likeness (QED) is 0.398. The van der Waals surface area contributed by atoms with Crippen LogP contribution in [0.5, 0.6) is 5.75 Å². The van der Waals surface area contributed by atoms with Crippen molar-refractivity contribution in [2.45, 2.75) is 13.1 Å². The molecular weight excluding hydrogens is 480 g/mol. The van der Waals surface area contributed by atoms with Gasteiger partial charge in [0.25, 0.3) is 5.91 Å².